The molecule has 1 aliphatic heterocycles. The molecule has 3 N–H and O–H groups in total. The Morgan fingerprint density at radius 3 is 2.46 bits per heavy atom. The van der Waals surface area contributed by atoms with Gasteiger partial charge in [0.25, 0.3) is 0 Å². The number of hydrogen-bond acceptors (Lipinski definition) is 5. The largest absolute Gasteiger partial charge is 0.394 e. The van der Waals surface area contributed by atoms with Crippen molar-refractivity contribution >= 4 is 23.4 Å². The Kier molecular flexibility index (Phi) is 6.96. The summed E-state index contributed by atoms with van der Waals surface area (Å²) in [5, 5.41) is 29.6. The number of aliphatic hydroxyl groups excluding tert-OH is 3. The summed E-state index contributed by atoms with van der Waals surface area (Å²) in [5.74, 6) is -1.28. The minimum atomic E-state index is -1.17. The highest BCUT2D eigenvalue weighted by atomic mass is 35.5. The lowest BCUT2D eigenvalue weighted by molar-refractivity contribution is -0.181. The fourth-order valence-corrected chi connectivity index (χ4v) is 3.93. The second kappa shape index (κ2) is 9.07. The molecule has 1 aliphatic rings. The van der Waals surface area contributed by atoms with E-state index in [1.54, 1.807) is 24.5 Å². The minimum absolute atomic E-state index is 0.0413. The highest BCUT2D eigenvalue weighted by Crippen LogP contribution is 2.34. The summed E-state index contributed by atoms with van der Waals surface area (Å²) in [6.07, 6.45) is -1.90. The molecular weight excluding hydrogens is 410 g/mol. The van der Waals surface area contributed by atoms with Gasteiger partial charge in [-0.1, -0.05) is 23.7 Å². The molecule has 4 atom stereocenters. The molecule has 0 aliphatic carbocycles. The van der Waals surface area contributed by atoms with E-state index in [-0.39, 0.29) is 18.4 Å². The fraction of sp³-hybridized carbons (Fsp3) is 0.400. The minimum Gasteiger partial charge on any atom is -0.394 e. The number of halogens is 3. The van der Waals surface area contributed by atoms with Crippen molar-refractivity contribution in [2.24, 2.45) is 0 Å². The summed E-state index contributed by atoms with van der Waals surface area (Å²) < 4.78 is 34.4. The predicted octanol–water partition coefficient (Wildman–Crippen LogP) is 3.48. The van der Waals surface area contributed by atoms with Gasteiger partial charge < -0.3 is 20.1 Å². The van der Waals surface area contributed by atoms with Gasteiger partial charge in [0.1, 0.15) is 23.8 Å². The summed E-state index contributed by atoms with van der Waals surface area (Å²) in [6, 6.07) is 7.54. The van der Waals surface area contributed by atoms with Crippen molar-refractivity contribution in [2.45, 2.75) is 42.2 Å². The molecule has 28 heavy (non-hydrogen) atoms. The Morgan fingerprint density at radius 2 is 1.86 bits per heavy atom. The number of benzene rings is 2. The highest BCUT2D eigenvalue weighted by Gasteiger charge is 2.37. The molecule has 0 bridgehead atoms. The Morgan fingerprint density at radius 1 is 1.18 bits per heavy atom. The topological polar surface area (TPSA) is 69.9 Å². The lowest BCUT2D eigenvalue weighted by Crippen LogP contribution is -2.47. The lowest BCUT2D eigenvalue weighted by atomic mass is 9.92. The van der Waals surface area contributed by atoms with Crippen molar-refractivity contribution in [2.75, 3.05) is 12.9 Å². The SMILES string of the molecule is CSc1cc(F)c(Cc2cc([C@H]3CC(O)[C@H](O)[C@@H](CO)O3)ccc2Cl)c(F)c1. The first-order valence-electron chi connectivity index (χ1n) is 8.76. The van der Waals surface area contributed by atoms with Gasteiger partial charge in [0, 0.05) is 28.3 Å². The van der Waals surface area contributed by atoms with Crippen LogP contribution < -0.4 is 0 Å². The van der Waals surface area contributed by atoms with Gasteiger partial charge in [-0.3, -0.25) is 0 Å². The van der Waals surface area contributed by atoms with Crippen LogP contribution in [-0.2, 0) is 11.2 Å². The van der Waals surface area contributed by atoms with Gasteiger partial charge in [-0.2, -0.15) is 0 Å². The lowest BCUT2D eigenvalue weighted by Gasteiger charge is -2.36. The standard InChI is InChI=1S/C20H21ClF2O4S/c1-28-12-6-15(22)13(16(23)7-12)5-11-4-10(2-3-14(11)21)18-8-17(25)20(26)19(9-24)27-18/h2-4,6-7,17-20,24-26H,5,8-9H2,1H3/t17?,18-,19-,20+/m1/s1. The van der Waals surface area contributed by atoms with Crippen LogP contribution in [0.1, 0.15) is 29.2 Å². The Labute approximate surface area is 171 Å². The number of aliphatic hydroxyl groups is 3. The smallest absolute Gasteiger partial charge is 0.130 e. The van der Waals surface area contributed by atoms with Gasteiger partial charge in [0.05, 0.1) is 18.8 Å². The van der Waals surface area contributed by atoms with Crippen LogP contribution in [0, 0.1) is 11.6 Å². The first kappa shape index (κ1) is 21.5. The third-order valence-corrected chi connectivity index (χ3v) is 5.98. The van der Waals surface area contributed by atoms with Gasteiger partial charge in [0.2, 0.25) is 0 Å². The van der Waals surface area contributed by atoms with E-state index in [0.717, 1.165) is 0 Å². The number of hydrogen-bond donors (Lipinski definition) is 3. The molecule has 1 saturated heterocycles. The molecule has 2 aromatic carbocycles. The molecule has 4 nitrogen and oxygen atoms in total. The van der Waals surface area contributed by atoms with E-state index < -0.39 is 42.7 Å². The molecule has 152 valence electrons. The first-order valence-corrected chi connectivity index (χ1v) is 10.4. The van der Waals surface area contributed by atoms with Crippen LogP contribution in [0.3, 0.4) is 0 Å². The van der Waals surface area contributed by atoms with Crippen molar-refractivity contribution in [3.8, 4) is 0 Å². The van der Waals surface area contributed by atoms with Gasteiger partial charge in [-0.25, -0.2) is 8.78 Å². The summed E-state index contributed by atoms with van der Waals surface area (Å²) in [4.78, 5) is 0.497. The van der Waals surface area contributed by atoms with E-state index in [1.165, 1.54) is 23.9 Å². The number of rotatable bonds is 5. The summed E-state index contributed by atoms with van der Waals surface area (Å²) in [7, 11) is 0. The average molecular weight is 431 g/mol. The normalized spacial score (nSPS) is 25.1. The Hall–Kier alpha value is -1.22. The summed E-state index contributed by atoms with van der Waals surface area (Å²) >= 11 is 7.49. The van der Waals surface area contributed by atoms with E-state index in [2.05, 4.69) is 0 Å². The molecule has 0 spiro atoms. The van der Waals surface area contributed by atoms with E-state index in [4.69, 9.17) is 16.3 Å². The molecule has 0 amide bonds. The van der Waals surface area contributed by atoms with Gasteiger partial charge >= 0.3 is 0 Å². The van der Waals surface area contributed by atoms with Gasteiger partial charge in [-0.05, 0) is 35.6 Å². The van der Waals surface area contributed by atoms with Gasteiger partial charge in [-0.15, -0.1) is 11.8 Å². The quantitative estimate of drug-likeness (QED) is 0.634. The van der Waals surface area contributed by atoms with Crippen LogP contribution in [-0.4, -0.2) is 46.5 Å². The molecule has 1 unspecified atom stereocenters. The zero-order valence-electron chi connectivity index (χ0n) is 15.1. The zero-order chi connectivity index (χ0) is 20.4. The molecule has 0 radical (unpaired) electrons. The fourth-order valence-electron chi connectivity index (χ4n) is 3.31. The molecule has 3 rings (SSSR count). The number of ether oxygens (including phenoxy) is 1. The van der Waals surface area contributed by atoms with Crippen molar-refractivity contribution in [1.29, 1.82) is 0 Å². The van der Waals surface area contributed by atoms with Crippen LogP contribution in [0.25, 0.3) is 0 Å². The highest BCUT2D eigenvalue weighted by molar-refractivity contribution is 7.98. The number of thioether (sulfide) groups is 1. The first-order chi connectivity index (χ1) is 13.3. The van der Waals surface area contributed by atoms with Crippen molar-refractivity contribution in [3.63, 3.8) is 0 Å². The Bertz CT molecular complexity index is 828. The molecule has 8 heteroatoms. The molecule has 1 fully saturated rings. The van der Waals surface area contributed by atoms with Crippen LogP contribution in [0.2, 0.25) is 5.02 Å². The van der Waals surface area contributed by atoms with Crippen molar-refractivity contribution < 1.29 is 28.8 Å². The van der Waals surface area contributed by atoms with E-state index in [1.807, 2.05) is 0 Å². The van der Waals surface area contributed by atoms with Crippen molar-refractivity contribution in [1.82, 2.24) is 0 Å². The maximum absolute atomic E-state index is 14.4. The van der Waals surface area contributed by atoms with Gasteiger partial charge in [0.15, 0.2) is 0 Å². The summed E-state index contributed by atoms with van der Waals surface area (Å²) in [5.41, 5.74) is 1.08. The third-order valence-electron chi connectivity index (χ3n) is 4.91. The average Bonchev–Trinajstić information content (AvgIpc) is 2.67. The molecule has 0 saturated carbocycles. The monoisotopic (exact) mass is 430 g/mol. The van der Waals surface area contributed by atoms with E-state index >= 15 is 0 Å². The Balaban J connectivity index is 1.89. The second-order valence-corrected chi connectivity index (χ2v) is 8.02. The summed E-state index contributed by atoms with van der Waals surface area (Å²) in [6.45, 7) is -0.437. The molecule has 0 aromatic heterocycles. The maximum atomic E-state index is 14.4. The zero-order valence-corrected chi connectivity index (χ0v) is 16.7. The van der Waals surface area contributed by atoms with Crippen LogP contribution in [0.4, 0.5) is 8.78 Å². The van der Waals surface area contributed by atoms with E-state index in [0.29, 0.717) is 21.0 Å². The van der Waals surface area contributed by atoms with E-state index in [9.17, 15) is 24.1 Å². The van der Waals surface area contributed by atoms with Crippen molar-refractivity contribution in [3.05, 3.63) is 63.7 Å². The maximum Gasteiger partial charge on any atom is 0.130 e. The van der Waals surface area contributed by atoms with Crippen LogP contribution in [0.5, 0.6) is 0 Å². The second-order valence-electron chi connectivity index (χ2n) is 6.74. The third kappa shape index (κ3) is 4.50. The molecule has 1 heterocycles. The molecule has 2 aromatic rings. The predicted molar refractivity (Wildman–Crippen MR) is 104 cm³/mol. The van der Waals surface area contributed by atoms with Crippen LogP contribution in [0.15, 0.2) is 35.2 Å². The van der Waals surface area contributed by atoms with Crippen LogP contribution >= 0.6 is 23.4 Å². The molecular formula is C20H21ClF2O4S.